The van der Waals surface area contributed by atoms with E-state index in [4.69, 9.17) is 14.7 Å². The minimum Gasteiger partial charge on any atom is -0.494 e. The first-order valence-corrected chi connectivity index (χ1v) is 8.36. The number of rotatable bonds is 5. The summed E-state index contributed by atoms with van der Waals surface area (Å²) in [6, 6.07) is 8.97. The first-order valence-electron chi connectivity index (χ1n) is 8.36. The number of benzene rings is 1. The van der Waals surface area contributed by atoms with Gasteiger partial charge in [0.05, 0.1) is 13.2 Å². The number of urea groups is 1. The van der Waals surface area contributed by atoms with Crippen molar-refractivity contribution in [3.63, 3.8) is 0 Å². The third-order valence-corrected chi connectivity index (χ3v) is 3.90. The van der Waals surface area contributed by atoms with Crippen molar-refractivity contribution in [2.24, 2.45) is 0 Å². The van der Waals surface area contributed by atoms with Crippen molar-refractivity contribution in [3.8, 4) is 17.7 Å². The van der Waals surface area contributed by atoms with Gasteiger partial charge < -0.3 is 19.7 Å². The Morgan fingerprint density at radius 3 is 2.85 bits per heavy atom. The van der Waals surface area contributed by atoms with Crippen LogP contribution in [0.15, 0.2) is 36.7 Å². The molecule has 8 nitrogen and oxygen atoms in total. The van der Waals surface area contributed by atoms with E-state index >= 15 is 0 Å². The molecule has 1 aliphatic rings. The molecule has 0 aliphatic carbocycles. The van der Waals surface area contributed by atoms with Crippen molar-refractivity contribution >= 4 is 11.7 Å². The smallest absolute Gasteiger partial charge is 0.321 e. The number of anilines is 1. The molecular weight excluding hydrogens is 334 g/mol. The topological polar surface area (TPSA) is 100 Å². The molecule has 8 heteroatoms. The molecule has 1 N–H and O–H groups in total. The number of nitrogens with zero attached hydrogens (tertiary/aromatic N) is 4. The van der Waals surface area contributed by atoms with Gasteiger partial charge in [0, 0.05) is 31.0 Å². The molecule has 1 aromatic carbocycles. The van der Waals surface area contributed by atoms with Crippen LogP contribution in [-0.2, 0) is 0 Å². The molecule has 0 radical (unpaired) electrons. The first-order chi connectivity index (χ1) is 12.7. The van der Waals surface area contributed by atoms with E-state index in [0.717, 1.165) is 5.75 Å². The van der Waals surface area contributed by atoms with Gasteiger partial charge >= 0.3 is 6.03 Å². The quantitative estimate of drug-likeness (QED) is 0.886. The fourth-order valence-electron chi connectivity index (χ4n) is 2.66. The zero-order valence-corrected chi connectivity index (χ0v) is 14.4. The lowest BCUT2D eigenvalue weighted by molar-refractivity contribution is 0.189. The highest BCUT2D eigenvalue weighted by molar-refractivity contribution is 5.89. The predicted octanol–water partition coefficient (Wildman–Crippen LogP) is 2.43. The van der Waals surface area contributed by atoms with Crippen molar-refractivity contribution in [1.29, 1.82) is 5.26 Å². The van der Waals surface area contributed by atoms with E-state index in [-0.39, 0.29) is 23.7 Å². The monoisotopic (exact) mass is 353 g/mol. The molecule has 0 spiro atoms. The van der Waals surface area contributed by atoms with Gasteiger partial charge in [0.2, 0.25) is 5.69 Å². The number of hydrogen-bond acceptors (Lipinski definition) is 6. The van der Waals surface area contributed by atoms with Gasteiger partial charge in [-0.25, -0.2) is 14.8 Å². The first kappa shape index (κ1) is 17.5. The van der Waals surface area contributed by atoms with Crippen molar-refractivity contribution in [2.45, 2.75) is 19.4 Å². The zero-order valence-electron chi connectivity index (χ0n) is 14.4. The Morgan fingerprint density at radius 1 is 1.35 bits per heavy atom. The molecule has 0 saturated carbocycles. The summed E-state index contributed by atoms with van der Waals surface area (Å²) in [5.74, 6) is 0.964. The molecule has 2 heterocycles. The summed E-state index contributed by atoms with van der Waals surface area (Å²) in [4.78, 5) is 22.0. The summed E-state index contributed by atoms with van der Waals surface area (Å²) < 4.78 is 11.1. The number of nitriles is 1. The average Bonchev–Trinajstić information content (AvgIpc) is 3.13. The van der Waals surface area contributed by atoms with Gasteiger partial charge in [0.1, 0.15) is 17.9 Å². The van der Waals surface area contributed by atoms with Gasteiger partial charge in [-0.15, -0.1) is 0 Å². The Balaban J connectivity index is 1.54. The van der Waals surface area contributed by atoms with Crippen molar-refractivity contribution in [2.75, 3.05) is 25.0 Å². The molecule has 26 heavy (non-hydrogen) atoms. The standard InChI is InChI=1S/C18H19N5O3/c1-2-25-14-5-3-13(4-6-14)22-18(24)23-10-7-15(12-23)26-17-16(11-19)20-8-9-21-17/h3-6,8-9,15H,2,7,10,12H2,1H3,(H,22,24). The fraction of sp³-hybridized carbons (Fsp3) is 0.333. The molecule has 2 aromatic rings. The van der Waals surface area contributed by atoms with Crippen LogP contribution in [0.5, 0.6) is 11.6 Å². The van der Waals surface area contributed by atoms with Crippen LogP contribution in [0.4, 0.5) is 10.5 Å². The number of likely N-dealkylation sites (tertiary alicyclic amines) is 1. The van der Waals surface area contributed by atoms with Gasteiger partial charge in [-0.3, -0.25) is 0 Å². The molecule has 1 fully saturated rings. The van der Waals surface area contributed by atoms with Gasteiger partial charge in [-0.2, -0.15) is 5.26 Å². The highest BCUT2D eigenvalue weighted by Crippen LogP contribution is 2.20. The fourth-order valence-corrected chi connectivity index (χ4v) is 2.66. The number of ether oxygens (including phenoxy) is 2. The molecule has 0 bridgehead atoms. The molecule has 1 aliphatic heterocycles. The molecular formula is C18H19N5O3. The lowest BCUT2D eigenvalue weighted by Crippen LogP contribution is -2.34. The second kappa shape index (κ2) is 8.16. The lowest BCUT2D eigenvalue weighted by atomic mass is 10.3. The average molecular weight is 353 g/mol. The number of nitrogens with one attached hydrogen (secondary N) is 1. The number of aromatic nitrogens is 2. The molecule has 1 atom stereocenters. The second-order valence-electron chi connectivity index (χ2n) is 5.68. The highest BCUT2D eigenvalue weighted by Gasteiger charge is 2.28. The molecule has 1 unspecified atom stereocenters. The van der Waals surface area contributed by atoms with E-state index in [1.165, 1.54) is 12.4 Å². The number of amides is 2. The summed E-state index contributed by atoms with van der Waals surface area (Å²) in [6.45, 7) is 3.50. The summed E-state index contributed by atoms with van der Waals surface area (Å²) >= 11 is 0. The molecule has 1 saturated heterocycles. The highest BCUT2D eigenvalue weighted by atomic mass is 16.5. The van der Waals surface area contributed by atoms with Gasteiger partial charge in [-0.05, 0) is 31.2 Å². The van der Waals surface area contributed by atoms with Gasteiger partial charge in [-0.1, -0.05) is 0 Å². The summed E-state index contributed by atoms with van der Waals surface area (Å²) in [6.07, 6.45) is 3.36. The van der Waals surface area contributed by atoms with Crippen molar-refractivity contribution < 1.29 is 14.3 Å². The van der Waals surface area contributed by atoms with Crippen molar-refractivity contribution in [3.05, 3.63) is 42.4 Å². The van der Waals surface area contributed by atoms with E-state index in [0.29, 0.717) is 31.8 Å². The Hall–Kier alpha value is -3.34. The van der Waals surface area contributed by atoms with Crippen LogP contribution in [0.3, 0.4) is 0 Å². The van der Waals surface area contributed by atoms with Crippen LogP contribution in [0.1, 0.15) is 19.0 Å². The summed E-state index contributed by atoms with van der Waals surface area (Å²) in [5, 5.41) is 11.9. The van der Waals surface area contributed by atoms with Gasteiger partial charge in [0.15, 0.2) is 0 Å². The minimum atomic E-state index is -0.218. The van der Waals surface area contributed by atoms with Gasteiger partial charge in [0.25, 0.3) is 5.88 Å². The molecule has 134 valence electrons. The van der Waals surface area contributed by atoms with Crippen LogP contribution in [0, 0.1) is 11.3 Å². The Bertz CT molecular complexity index is 803. The third kappa shape index (κ3) is 4.19. The normalized spacial score (nSPS) is 16.0. The number of carbonyl (C=O) groups excluding carboxylic acids is 1. The molecule has 2 amide bonds. The van der Waals surface area contributed by atoms with E-state index in [1.54, 1.807) is 17.0 Å². The number of carbonyl (C=O) groups is 1. The molecule has 1 aromatic heterocycles. The lowest BCUT2D eigenvalue weighted by Gasteiger charge is -2.18. The van der Waals surface area contributed by atoms with Crippen LogP contribution in [0.2, 0.25) is 0 Å². The van der Waals surface area contributed by atoms with Crippen LogP contribution in [0.25, 0.3) is 0 Å². The van der Waals surface area contributed by atoms with Crippen LogP contribution >= 0.6 is 0 Å². The maximum Gasteiger partial charge on any atom is 0.321 e. The summed E-state index contributed by atoms with van der Waals surface area (Å²) in [7, 11) is 0. The summed E-state index contributed by atoms with van der Waals surface area (Å²) in [5.41, 5.74) is 0.841. The van der Waals surface area contributed by atoms with E-state index in [2.05, 4.69) is 15.3 Å². The minimum absolute atomic E-state index is 0.143. The maximum absolute atomic E-state index is 12.4. The second-order valence-corrected chi connectivity index (χ2v) is 5.68. The Morgan fingerprint density at radius 2 is 2.12 bits per heavy atom. The van der Waals surface area contributed by atoms with E-state index < -0.39 is 0 Å². The maximum atomic E-state index is 12.4. The third-order valence-electron chi connectivity index (χ3n) is 3.90. The zero-order chi connectivity index (χ0) is 18.4. The van der Waals surface area contributed by atoms with Crippen molar-refractivity contribution in [1.82, 2.24) is 14.9 Å². The SMILES string of the molecule is CCOc1ccc(NC(=O)N2CCC(Oc3nccnc3C#N)C2)cc1. The largest absolute Gasteiger partial charge is 0.494 e. The van der Waals surface area contributed by atoms with E-state index in [1.807, 2.05) is 25.1 Å². The van der Waals surface area contributed by atoms with Crippen LogP contribution in [-0.4, -0.2) is 46.7 Å². The predicted molar refractivity (Wildman–Crippen MR) is 94.0 cm³/mol. The Labute approximate surface area is 151 Å². The number of hydrogen-bond donors (Lipinski definition) is 1. The Kier molecular flexibility index (Phi) is 5.49. The van der Waals surface area contributed by atoms with E-state index in [9.17, 15) is 4.79 Å². The van der Waals surface area contributed by atoms with Crippen LogP contribution < -0.4 is 14.8 Å². The molecule has 3 rings (SSSR count).